The van der Waals surface area contributed by atoms with Crippen LogP contribution in [0.5, 0.6) is 0 Å². The number of benzene rings is 5. The van der Waals surface area contributed by atoms with Crippen molar-refractivity contribution in [1.29, 1.82) is 0 Å². The van der Waals surface area contributed by atoms with Crippen molar-refractivity contribution in [1.82, 2.24) is 9.13 Å². The first-order valence-electron chi connectivity index (χ1n) is 12.6. The highest BCUT2D eigenvalue weighted by Gasteiger charge is 2.19. The second kappa shape index (κ2) is 7.60. The Bertz CT molecular complexity index is 1860. The van der Waals surface area contributed by atoms with Gasteiger partial charge in [-0.25, -0.2) is 0 Å². The standard InChI is InChI=1S/C34H28N2/c1-34(2,3)23-17-19-32-28(21-23)29-22-25(18-20-33(29)35(32)24-11-5-4-6-12-24)36-30-15-9-7-13-26(30)27-14-8-10-16-31(27)36/h4-22H,1-3H3. The highest BCUT2D eigenvalue weighted by molar-refractivity contribution is 6.12. The zero-order valence-corrected chi connectivity index (χ0v) is 20.9. The van der Waals surface area contributed by atoms with Crippen LogP contribution in [0.1, 0.15) is 26.3 Å². The molecule has 0 radical (unpaired) electrons. The SMILES string of the molecule is CC(C)(C)c1ccc2c(c1)c1cc(-n3c4ccccc4c4ccccc43)ccc1n2-c1ccccc1. The van der Waals surface area contributed by atoms with Crippen LogP contribution in [0.2, 0.25) is 0 Å². The topological polar surface area (TPSA) is 9.86 Å². The van der Waals surface area contributed by atoms with Gasteiger partial charge in [0.1, 0.15) is 0 Å². The molecule has 2 aromatic heterocycles. The lowest BCUT2D eigenvalue weighted by molar-refractivity contribution is 0.591. The maximum Gasteiger partial charge on any atom is 0.0542 e. The Morgan fingerprint density at radius 1 is 0.417 bits per heavy atom. The molecule has 174 valence electrons. The van der Waals surface area contributed by atoms with Crippen LogP contribution in [0.15, 0.2) is 115 Å². The summed E-state index contributed by atoms with van der Waals surface area (Å²) in [4.78, 5) is 0. The lowest BCUT2D eigenvalue weighted by Gasteiger charge is -2.19. The van der Waals surface area contributed by atoms with Gasteiger partial charge in [0.05, 0.1) is 22.1 Å². The average Bonchev–Trinajstić information content (AvgIpc) is 3.41. The Hall–Kier alpha value is -4.30. The van der Waals surface area contributed by atoms with E-state index < -0.39 is 0 Å². The van der Waals surface area contributed by atoms with E-state index in [9.17, 15) is 0 Å². The van der Waals surface area contributed by atoms with Gasteiger partial charge in [-0.3, -0.25) is 0 Å². The lowest BCUT2D eigenvalue weighted by atomic mass is 9.86. The molecule has 2 nitrogen and oxygen atoms in total. The monoisotopic (exact) mass is 464 g/mol. The molecule has 0 bridgehead atoms. The van der Waals surface area contributed by atoms with Crippen molar-refractivity contribution < 1.29 is 0 Å². The minimum atomic E-state index is 0.0831. The van der Waals surface area contributed by atoms with Crippen LogP contribution in [-0.4, -0.2) is 9.13 Å². The van der Waals surface area contributed by atoms with E-state index in [4.69, 9.17) is 0 Å². The molecule has 0 aliphatic heterocycles. The first-order chi connectivity index (χ1) is 17.5. The number of fused-ring (bicyclic) bond motifs is 6. The predicted molar refractivity (Wildman–Crippen MR) is 154 cm³/mol. The quantitative estimate of drug-likeness (QED) is 0.241. The fourth-order valence-corrected chi connectivity index (χ4v) is 5.67. The molecule has 0 aliphatic rings. The molecule has 7 aromatic rings. The fraction of sp³-hybridized carbons (Fsp3) is 0.118. The number of nitrogens with zero attached hydrogens (tertiary/aromatic N) is 2. The molecule has 36 heavy (non-hydrogen) atoms. The van der Waals surface area contributed by atoms with Gasteiger partial charge in [-0.1, -0.05) is 81.4 Å². The number of rotatable bonds is 2. The van der Waals surface area contributed by atoms with Crippen LogP contribution in [0.25, 0.3) is 55.0 Å². The fourth-order valence-electron chi connectivity index (χ4n) is 5.67. The first kappa shape index (κ1) is 21.0. The second-order valence-electron chi connectivity index (χ2n) is 10.7. The molecule has 0 unspecified atom stereocenters. The molecular formula is C34H28N2. The summed E-state index contributed by atoms with van der Waals surface area (Å²) in [6.07, 6.45) is 0. The highest BCUT2D eigenvalue weighted by atomic mass is 15.0. The molecule has 2 heterocycles. The summed E-state index contributed by atoms with van der Waals surface area (Å²) >= 11 is 0. The van der Waals surface area contributed by atoms with E-state index >= 15 is 0 Å². The van der Waals surface area contributed by atoms with Gasteiger partial charge in [-0.15, -0.1) is 0 Å². The Kier molecular flexibility index (Phi) is 4.44. The normalized spacial score (nSPS) is 12.3. The van der Waals surface area contributed by atoms with Crippen molar-refractivity contribution in [3.63, 3.8) is 0 Å². The Labute approximate surface area is 211 Å². The molecule has 7 rings (SSSR count). The van der Waals surface area contributed by atoms with Gasteiger partial charge >= 0.3 is 0 Å². The summed E-state index contributed by atoms with van der Waals surface area (Å²) in [7, 11) is 0. The molecular weight excluding hydrogens is 436 g/mol. The molecule has 0 saturated carbocycles. The zero-order chi connectivity index (χ0) is 24.4. The number of para-hydroxylation sites is 3. The third-order valence-electron chi connectivity index (χ3n) is 7.47. The number of aromatic nitrogens is 2. The van der Waals surface area contributed by atoms with Gasteiger partial charge in [0, 0.05) is 32.9 Å². The van der Waals surface area contributed by atoms with E-state index in [1.807, 2.05) is 0 Å². The summed E-state index contributed by atoms with van der Waals surface area (Å²) in [5.41, 5.74) is 8.75. The summed E-state index contributed by atoms with van der Waals surface area (Å²) in [6.45, 7) is 6.86. The van der Waals surface area contributed by atoms with Crippen LogP contribution in [0, 0.1) is 0 Å². The minimum Gasteiger partial charge on any atom is -0.309 e. The Morgan fingerprint density at radius 2 is 0.917 bits per heavy atom. The van der Waals surface area contributed by atoms with Gasteiger partial charge < -0.3 is 9.13 Å². The summed E-state index contributed by atoms with van der Waals surface area (Å²) < 4.78 is 4.80. The van der Waals surface area contributed by atoms with Crippen LogP contribution >= 0.6 is 0 Å². The number of hydrogen-bond acceptors (Lipinski definition) is 0. The van der Waals surface area contributed by atoms with Gasteiger partial charge in [0.2, 0.25) is 0 Å². The third-order valence-corrected chi connectivity index (χ3v) is 7.47. The van der Waals surface area contributed by atoms with E-state index in [0.29, 0.717) is 0 Å². The van der Waals surface area contributed by atoms with Crippen LogP contribution in [-0.2, 0) is 5.41 Å². The molecule has 0 aliphatic carbocycles. The minimum absolute atomic E-state index is 0.0831. The van der Waals surface area contributed by atoms with Crippen molar-refractivity contribution >= 4 is 43.6 Å². The summed E-state index contributed by atoms with van der Waals surface area (Å²) in [5.74, 6) is 0. The van der Waals surface area contributed by atoms with Gasteiger partial charge in [0.15, 0.2) is 0 Å². The van der Waals surface area contributed by atoms with Gasteiger partial charge in [-0.05, 0) is 65.6 Å². The molecule has 2 heteroatoms. The van der Waals surface area contributed by atoms with E-state index in [1.54, 1.807) is 0 Å². The molecule has 0 fully saturated rings. The maximum absolute atomic E-state index is 2.41. The second-order valence-corrected chi connectivity index (χ2v) is 10.7. The predicted octanol–water partition coefficient (Wildman–Crippen LogP) is 9.18. The Balaban J connectivity index is 1.59. The molecule has 0 N–H and O–H groups in total. The molecule has 0 saturated heterocycles. The third kappa shape index (κ3) is 3.04. The zero-order valence-electron chi connectivity index (χ0n) is 20.9. The van der Waals surface area contributed by atoms with E-state index in [2.05, 4.69) is 145 Å². The maximum atomic E-state index is 2.41. The smallest absolute Gasteiger partial charge is 0.0542 e. The van der Waals surface area contributed by atoms with Crippen molar-refractivity contribution in [3.8, 4) is 11.4 Å². The molecule has 0 atom stereocenters. The molecule has 0 amide bonds. The van der Waals surface area contributed by atoms with E-state index in [0.717, 1.165) is 0 Å². The molecule has 5 aromatic carbocycles. The van der Waals surface area contributed by atoms with Gasteiger partial charge in [0.25, 0.3) is 0 Å². The Morgan fingerprint density at radius 3 is 1.56 bits per heavy atom. The van der Waals surface area contributed by atoms with Crippen LogP contribution < -0.4 is 0 Å². The number of hydrogen-bond donors (Lipinski definition) is 0. The lowest BCUT2D eigenvalue weighted by Crippen LogP contribution is -2.10. The van der Waals surface area contributed by atoms with E-state index in [1.165, 1.54) is 60.5 Å². The average molecular weight is 465 g/mol. The summed E-state index contributed by atoms with van der Waals surface area (Å²) in [6, 6.07) is 42.0. The summed E-state index contributed by atoms with van der Waals surface area (Å²) in [5, 5.41) is 5.15. The van der Waals surface area contributed by atoms with E-state index in [-0.39, 0.29) is 5.41 Å². The van der Waals surface area contributed by atoms with Crippen molar-refractivity contribution in [2.24, 2.45) is 0 Å². The molecule has 0 spiro atoms. The van der Waals surface area contributed by atoms with Crippen LogP contribution in [0.4, 0.5) is 0 Å². The van der Waals surface area contributed by atoms with Crippen molar-refractivity contribution in [2.45, 2.75) is 26.2 Å². The van der Waals surface area contributed by atoms with Crippen molar-refractivity contribution in [2.75, 3.05) is 0 Å². The van der Waals surface area contributed by atoms with Gasteiger partial charge in [-0.2, -0.15) is 0 Å². The van der Waals surface area contributed by atoms with Crippen molar-refractivity contribution in [3.05, 3.63) is 121 Å². The highest BCUT2D eigenvalue weighted by Crippen LogP contribution is 2.38. The largest absolute Gasteiger partial charge is 0.309 e. The first-order valence-corrected chi connectivity index (χ1v) is 12.6. The van der Waals surface area contributed by atoms with Crippen LogP contribution in [0.3, 0.4) is 0 Å².